The molecular formula is C14H21N3O5S2. The highest BCUT2D eigenvalue weighted by Gasteiger charge is 2.24. The minimum absolute atomic E-state index is 0.0138. The molecule has 0 aromatic heterocycles. The van der Waals surface area contributed by atoms with Gasteiger partial charge < -0.3 is 5.32 Å². The molecule has 2 rings (SSSR count). The molecule has 0 saturated heterocycles. The maximum absolute atomic E-state index is 12.3. The highest BCUT2D eigenvalue weighted by molar-refractivity contribution is 7.89. The van der Waals surface area contributed by atoms with Crippen LogP contribution in [0.2, 0.25) is 0 Å². The second-order valence-electron chi connectivity index (χ2n) is 5.76. The maximum atomic E-state index is 12.3. The van der Waals surface area contributed by atoms with Crippen LogP contribution < -0.4 is 10.0 Å². The summed E-state index contributed by atoms with van der Waals surface area (Å²) < 4.78 is 50.5. The van der Waals surface area contributed by atoms with Crippen LogP contribution in [0.15, 0.2) is 29.2 Å². The van der Waals surface area contributed by atoms with Crippen LogP contribution in [-0.2, 0) is 20.0 Å². The van der Waals surface area contributed by atoms with Gasteiger partial charge in [-0.15, -0.1) is 0 Å². The van der Waals surface area contributed by atoms with Crippen molar-refractivity contribution in [2.24, 2.45) is 0 Å². The molecule has 0 unspecified atom stereocenters. The number of amides is 1. The van der Waals surface area contributed by atoms with Crippen molar-refractivity contribution in [2.75, 3.05) is 26.4 Å². The number of rotatable bonds is 8. The lowest BCUT2D eigenvalue weighted by atomic mass is 10.2. The predicted octanol–water partition coefficient (Wildman–Crippen LogP) is -0.251. The van der Waals surface area contributed by atoms with Crippen LogP contribution in [0.3, 0.4) is 0 Å². The average Bonchev–Trinajstić information content (AvgIpc) is 3.30. The third kappa shape index (κ3) is 5.26. The molecule has 0 spiro atoms. The van der Waals surface area contributed by atoms with Gasteiger partial charge in [-0.3, -0.25) is 4.79 Å². The monoisotopic (exact) mass is 375 g/mol. The first kappa shape index (κ1) is 18.8. The first-order valence-electron chi connectivity index (χ1n) is 7.41. The van der Waals surface area contributed by atoms with Crippen molar-refractivity contribution in [3.05, 3.63) is 29.8 Å². The summed E-state index contributed by atoms with van der Waals surface area (Å²) in [6, 6.07) is 5.92. The minimum Gasteiger partial charge on any atom is -0.349 e. The molecule has 134 valence electrons. The molecule has 0 aliphatic heterocycles. The Balaban J connectivity index is 2.02. The number of carbonyl (C=O) groups excluding carboxylic acids is 1. The quantitative estimate of drug-likeness (QED) is 0.650. The third-order valence-corrected chi connectivity index (χ3v) is 6.38. The van der Waals surface area contributed by atoms with Crippen molar-refractivity contribution in [3.8, 4) is 0 Å². The Bertz CT molecular complexity index is 817. The number of hydrogen-bond donors (Lipinski definition) is 2. The summed E-state index contributed by atoms with van der Waals surface area (Å²) in [5.41, 5.74) is 0.276. The molecule has 1 amide bonds. The van der Waals surface area contributed by atoms with Gasteiger partial charge in [0.25, 0.3) is 5.91 Å². The Hall–Kier alpha value is -1.49. The molecule has 24 heavy (non-hydrogen) atoms. The van der Waals surface area contributed by atoms with E-state index in [9.17, 15) is 21.6 Å². The number of carbonyl (C=O) groups is 1. The predicted molar refractivity (Wildman–Crippen MR) is 89.6 cm³/mol. The molecule has 1 aliphatic rings. The summed E-state index contributed by atoms with van der Waals surface area (Å²) in [6.45, 7) is -0.0513. The molecule has 0 atom stereocenters. The molecule has 0 bridgehead atoms. The van der Waals surface area contributed by atoms with Crippen molar-refractivity contribution in [1.29, 1.82) is 0 Å². The van der Waals surface area contributed by atoms with Gasteiger partial charge in [0.1, 0.15) is 0 Å². The molecule has 1 saturated carbocycles. The van der Waals surface area contributed by atoms with Gasteiger partial charge in [-0.05, 0) is 31.0 Å². The van der Waals surface area contributed by atoms with Crippen molar-refractivity contribution in [2.45, 2.75) is 23.8 Å². The van der Waals surface area contributed by atoms with E-state index in [-0.39, 0.29) is 35.5 Å². The van der Waals surface area contributed by atoms with Crippen LogP contribution in [0.1, 0.15) is 23.2 Å². The molecule has 1 fully saturated rings. The molecule has 10 heteroatoms. The first-order chi connectivity index (χ1) is 11.1. The lowest BCUT2D eigenvalue weighted by Crippen LogP contribution is -2.35. The van der Waals surface area contributed by atoms with Gasteiger partial charge in [-0.2, -0.15) is 0 Å². The van der Waals surface area contributed by atoms with Crippen LogP contribution in [-0.4, -0.2) is 59.5 Å². The van der Waals surface area contributed by atoms with E-state index in [1.165, 1.54) is 25.2 Å². The highest BCUT2D eigenvalue weighted by atomic mass is 32.2. The maximum Gasteiger partial charge on any atom is 0.251 e. The normalized spacial score (nSPS) is 15.5. The topological polar surface area (TPSA) is 113 Å². The SMILES string of the molecule is CN(CCNS(=O)(=O)c1cccc(C(=O)NC2CC2)c1)S(C)(=O)=O. The van der Waals surface area contributed by atoms with Gasteiger partial charge in [0.15, 0.2) is 0 Å². The van der Waals surface area contributed by atoms with Gasteiger partial charge >= 0.3 is 0 Å². The van der Waals surface area contributed by atoms with Crippen molar-refractivity contribution in [1.82, 2.24) is 14.3 Å². The first-order valence-corrected chi connectivity index (χ1v) is 10.7. The summed E-state index contributed by atoms with van der Waals surface area (Å²) in [6.07, 6.45) is 2.93. The van der Waals surface area contributed by atoms with E-state index in [1.807, 2.05) is 0 Å². The molecule has 2 N–H and O–H groups in total. The minimum atomic E-state index is -3.82. The van der Waals surface area contributed by atoms with Crippen molar-refractivity contribution < 1.29 is 21.6 Å². The number of hydrogen-bond acceptors (Lipinski definition) is 5. The molecule has 1 aromatic carbocycles. The summed E-state index contributed by atoms with van der Waals surface area (Å²) in [4.78, 5) is 12.0. The Kier molecular flexibility index (Phi) is 5.63. The van der Waals surface area contributed by atoms with E-state index in [0.717, 1.165) is 23.4 Å². The number of sulfonamides is 2. The largest absolute Gasteiger partial charge is 0.349 e. The summed E-state index contributed by atoms with van der Waals surface area (Å²) in [5.74, 6) is -0.300. The molecule has 8 nitrogen and oxygen atoms in total. The van der Waals surface area contributed by atoms with Gasteiger partial charge in [-0.25, -0.2) is 25.9 Å². The Morgan fingerprint density at radius 2 is 1.92 bits per heavy atom. The molecular weight excluding hydrogens is 354 g/mol. The second kappa shape index (κ2) is 7.18. The molecule has 1 aliphatic carbocycles. The average molecular weight is 375 g/mol. The Morgan fingerprint density at radius 1 is 1.25 bits per heavy atom. The van der Waals surface area contributed by atoms with Crippen LogP contribution in [0.25, 0.3) is 0 Å². The van der Waals surface area contributed by atoms with Crippen LogP contribution in [0, 0.1) is 0 Å². The lowest BCUT2D eigenvalue weighted by Gasteiger charge is -2.14. The number of likely N-dealkylation sites (N-methyl/N-ethyl adjacent to an activating group) is 1. The zero-order valence-corrected chi connectivity index (χ0v) is 15.2. The van der Waals surface area contributed by atoms with Crippen LogP contribution in [0.5, 0.6) is 0 Å². The molecule has 0 radical (unpaired) electrons. The van der Waals surface area contributed by atoms with Crippen molar-refractivity contribution in [3.63, 3.8) is 0 Å². The van der Waals surface area contributed by atoms with E-state index in [1.54, 1.807) is 6.07 Å². The van der Waals surface area contributed by atoms with Gasteiger partial charge in [0.05, 0.1) is 11.2 Å². The van der Waals surface area contributed by atoms with E-state index in [4.69, 9.17) is 0 Å². The lowest BCUT2D eigenvalue weighted by molar-refractivity contribution is 0.0951. The fourth-order valence-electron chi connectivity index (χ4n) is 1.89. The fourth-order valence-corrected chi connectivity index (χ4v) is 3.38. The number of nitrogens with zero attached hydrogens (tertiary/aromatic N) is 1. The summed E-state index contributed by atoms with van der Waals surface area (Å²) >= 11 is 0. The summed E-state index contributed by atoms with van der Waals surface area (Å²) in [5, 5.41) is 2.80. The zero-order chi connectivity index (χ0) is 18.0. The third-order valence-electron chi connectivity index (χ3n) is 3.60. The van der Waals surface area contributed by atoms with E-state index < -0.39 is 20.0 Å². The standard InChI is InChI=1S/C14H21N3O5S2/c1-17(23(2,19)20)9-8-15-24(21,22)13-5-3-4-11(10-13)14(18)16-12-6-7-12/h3-5,10,12,15H,6-9H2,1-2H3,(H,16,18). The Morgan fingerprint density at radius 3 is 2.50 bits per heavy atom. The fraction of sp³-hybridized carbons (Fsp3) is 0.500. The zero-order valence-electron chi connectivity index (χ0n) is 13.5. The smallest absolute Gasteiger partial charge is 0.251 e. The van der Waals surface area contributed by atoms with Gasteiger partial charge in [0, 0.05) is 31.7 Å². The molecule has 0 heterocycles. The van der Waals surface area contributed by atoms with Crippen LogP contribution in [0.4, 0.5) is 0 Å². The van der Waals surface area contributed by atoms with E-state index in [0.29, 0.717) is 0 Å². The number of benzene rings is 1. The van der Waals surface area contributed by atoms with E-state index in [2.05, 4.69) is 10.0 Å². The summed E-state index contributed by atoms with van der Waals surface area (Å²) in [7, 11) is -5.82. The van der Waals surface area contributed by atoms with Gasteiger partial charge in [-0.1, -0.05) is 6.07 Å². The van der Waals surface area contributed by atoms with Crippen molar-refractivity contribution >= 4 is 26.0 Å². The molecule has 1 aromatic rings. The van der Waals surface area contributed by atoms with Gasteiger partial charge in [0.2, 0.25) is 20.0 Å². The van der Waals surface area contributed by atoms with Crippen LogP contribution >= 0.6 is 0 Å². The highest BCUT2D eigenvalue weighted by Crippen LogP contribution is 2.20. The van der Waals surface area contributed by atoms with E-state index >= 15 is 0 Å². The number of nitrogens with one attached hydrogen (secondary N) is 2. The Labute approximate surface area is 142 Å². The second-order valence-corrected chi connectivity index (χ2v) is 9.61.